The summed E-state index contributed by atoms with van der Waals surface area (Å²) in [6.07, 6.45) is 22.9. The van der Waals surface area contributed by atoms with E-state index in [9.17, 15) is 33.6 Å². The molecule has 1 unspecified atom stereocenters. The second-order valence-corrected chi connectivity index (χ2v) is 39.4. The number of nitrogens with two attached hydrogens (primary N) is 1. The first-order valence-electron chi connectivity index (χ1n) is 50.7. The second kappa shape index (κ2) is 52.7. The Hall–Kier alpha value is -12.2. The number of primary amides is 1. The highest BCUT2D eigenvalue weighted by molar-refractivity contribution is 6.22. The van der Waals surface area contributed by atoms with Crippen LogP contribution in [0.1, 0.15) is 215 Å². The number of benzene rings is 9. The van der Waals surface area contributed by atoms with E-state index in [4.69, 9.17) is 29.7 Å². The molecular weight excluding hydrogens is 1740 g/mol. The maximum atomic E-state index is 13.3. The van der Waals surface area contributed by atoms with E-state index < -0.39 is 11.5 Å². The van der Waals surface area contributed by atoms with Crippen LogP contribution in [0.5, 0.6) is 11.5 Å². The fourth-order valence-electron chi connectivity index (χ4n) is 20.4. The Bertz CT molecular complexity index is 5390. The number of carbonyl (C=O) groups excluding carboxylic acids is 7. The standard InChI is InChI=1S/C40H52N4O3.C38H41N5O4.C38H53N3O4/c1-44(2,30-18-27-43-37(45)35-23-14-15-24-36(35)38(43)46)29-17-7-5-3-4-6-16-26-42-28-25-34(31-42)40(39(41)47,32-19-10-8-11-20-32)33-21-12-9-13-22-33;1-43(2,25-24-42-36(44)33-18-9-10-19-34(33)37(42)45)27-31-17-11-16-30(39-31)26-41-22-20-32(21-23-41)47-38(46)40-35(28-12-5-3-6-13-28)29-14-7-4-8-15-29;1-40(27-22-31-20-21-36(43-2)37(30-31)44-3)25-14-7-5-4-6-8-15-26-41-28-23-33(24-29-41)45-38(42)39-35-19-13-12-18-34(35)32-16-10-9-11-17-32/h8-15,19-24,34H,3-7,16-18,25-31H2,1-2H3,(H-,41,47);3-19,32,35H,20-27H2,1-2H3;9-13,16-21,30,33H,4-8,14-15,22-29H2,1-3H3,(H,39,42)/p+2. The number of pyridine rings is 1. The van der Waals surface area contributed by atoms with Crippen LogP contribution in [-0.2, 0) is 39.2 Å². The number of imide groups is 2. The molecule has 0 spiro atoms. The lowest BCUT2D eigenvalue weighted by Gasteiger charge is -2.37. The molecule has 23 nitrogen and oxygen atoms in total. The number of ether oxygens (including phenoxy) is 4. The molecule has 7 amide bonds. The smallest absolute Gasteiger partial charge is 0.411 e. The van der Waals surface area contributed by atoms with Crippen molar-refractivity contribution in [2.45, 2.75) is 172 Å². The Morgan fingerprint density at radius 2 is 0.878 bits per heavy atom. The summed E-state index contributed by atoms with van der Waals surface area (Å²) in [6, 6.07) is 84.2. The fourth-order valence-corrected chi connectivity index (χ4v) is 20.4. The van der Waals surface area contributed by atoms with E-state index in [1.807, 2.05) is 188 Å². The average Bonchev–Trinajstić information content (AvgIpc) is 1.72. The Labute approximate surface area is 824 Å². The third-order valence-electron chi connectivity index (χ3n) is 28.3. The zero-order valence-corrected chi connectivity index (χ0v) is 83.1. The van der Waals surface area contributed by atoms with Crippen LogP contribution in [0.2, 0.25) is 0 Å². The molecule has 5 aliphatic rings. The number of likely N-dealkylation sites (tertiary alicyclic amines) is 3. The zero-order chi connectivity index (χ0) is 97.8. The van der Waals surface area contributed by atoms with Crippen LogP contribution in [0.4, 0.5) is 15.3 Å². The fraction of sp³-hybridized carbons (Fsp3) is 0.431. The number of hydrogen-bond donors (Lipinski definition) is 3. The number of carbonyl (C=O) groups is 7. The van der Waals surface area contributed by atoms with Gasteiger partial charge in [-0.2, -0.15) is 0 Å². The van der Waals surface area contributed by atoms with Gasteiger partial charge < -0.3 is 53.7 Å². The summed E-state index contributed by atoms with van der Waals surface area (Å²) >= 11 is 0. The molecule has 3 fully saturated rings. The average molecular weight is 1890 g/mol. The van der Waals surface area contributed by atoms with Crippen LogP contribution in [0.3, 0.4) is 0 Å². The van der Waals surface area contributed by atoms with Gasteiger partial charge in [0.15, 0.2) is 11.5 Å². The van der Waals surface area contributed by atoms with E-state index in [1.165, 1.54) is 105 Å². The highest BCUT2D eigenvalue weighted by atomic mass is 16.6. The predicted molar refractivity (Wildman–Crippen MR) is 552 cm³/mol. The van der Waals surface area contributed by atoms with Crippen molar-refractivity contribution in [2.24, 2.45) is 11.7 Å². The summed E-state index contributed by atoms with van der Waals surface area (Å²) in [5.41, 5.74) is 17.6. The number of alkyl carbamates (subject to hydrolysis) is 1. The molecule has 0 radical (unpaired) electrons. The number of quaternary nitrogens is 2. The summed E-state index contributed by atoms with van der Waals surface area (Å²) in [5, 5.41) is 6.06. The summed E-state index contributed by atoms with van der Waals surface area (Å²) in [7, 11) is 14.3. The topological polar surface area (TPSA) is 239 Å². The molecule has 139 heavy (non-hydrogen) atoms. The minimum atomic E-state index is -0.816. The van der Waals surface area contributed by atoms with Crippen molar-refractivity contribution in [3.8, 4) is 22.6 Å². The van der Waals surface area contributed by atoms with Crippen LogP contribution >= 0.6 is 0 Å². The van der Waals surface area contributed by atoms with E-state index in [0.29, 0.717) is 52.9 Å². The highest BCUT2D eigenvalue weighted by Crippen LogP contribution is 2.44. The molecule has 9 aromatic carbocycles. The number of hydrogen-bond acceptors (Lipinski definition) is 16. The quantitative estimate of drug-likeness (QED) is 0.0183. The van der Waals surface area contributed by atoms with E-state index in [-0.39, 0.29) is 59.8 Å². The molecule has 3 saturated heterocycles. The maximum absolute atomic E-state index is 13.3. The minimum absolute atomic E-state index is 0.0184. The summed E-state index contributed by atoms with van der Waals surface area (Å²) in [5.74, 6) is 0.724. The van der Waals surface area contributed by atoms with Crippen molar-refractivity contribution in [3.05, 3.63) is 322 Å². The van der Waals surface area contributed by atoms with Crippen molar-refractivity contribution in [3.63, 3.8) is 0 Å². The van der Waals surface area contributed by atoms with Crippen molar-refractivity contribution in [1.29, 1.82) is 0 Å². The number of amides is 7. The lowest BCUT2D eigenvalue weighted by Crippen LogP contribution is -2.49. The molecule has 0 bridgehead atoms. The molecule has 1 atom stereocenters. The molecule has 6 heterocycles. The van der Waals surface area contributed by atoms with Gasteiger partial charge in [-0.25, -0.2) is 9.59 Å². The van der Waals surface area contributed by atoms with Crippen molar-refractivity contribution in [2.75, 3.05) is 153 Å². The number of likely N-dealkylation sites (N-methyl/N-ethyl adjacent to an activating group) is 2. The second-order valence-electron chi connectivity index (χ2n) is 39.4. The highest BCUT2D eigenvalue weighted by Gasteiger charge is 2.50. The minimum Gasteiger partial charge on any atom is -0.493 e. The molecule has 4 N–H and O–H groups in total. The van der Waals surface area contributed by atoms with Gasteiger partial charge in [0, 0.05) is 64.3 Å². The summed E-state index contributed by atoms with van der Waals surface area (Å²) in [4.78, 5) is 107. The molecule has 736 valence electrons. The number of para-hydroxylation sites is 1. The van der Waals surface area contributed by atoms with Crippen LogP contribution in [0.15, 0.2) is 261 Å². The number of anilines is 1. The molecule has 0 aliphatic carbocycles. The summed E-state index contributed by atoms with van der Waals surface area (Å²) < 4.78 is 24.0. The predicted octanol–water partition coefficient (Wildman–Crippen LogP) is 20.0. The number of methoxy groups -OCH3 is 2. The normalized spacial score (nSPS) is 15.5. The lowest BCUT2D eigenvalue weighted by atomic mass is 9.64. The molecule has 0 saturated carbocycles. The summed E-state index contributed by atoms with van der Waals surface area (Å²) in [6.45, 7) is 14.8. The van der Waals surface area contributed by atoms with E-state index in [0.717, 1.165) is 196 Å². The number of nitrogens with zero attached hydrogens (tertiary/aromatic N) is 9. The third kappa shape index (κ3) is 30.2. The number of rotatable bonds is 47. The van der Waals surface area contributed by atoms with E-state index >= 15 is 0 Å². The van der Waals surface area contributed by atoms with Crippen LogP contribution in [-0.4, -0.2) is 245 Å². The first-order valence-corrected chi connectivity index (χ1v) is 50.7. The van der Waals surface area contributed by atoms with Gasteiger partial charge in [-0.3, -0.25) is 49.0 Å². The Morgan fingerprint density at radius 3 is 1.42 bits per heavy atom. The van der Waals surface area contributed by atoms with E-state index in [1.54, 1.807) is 50.6 Å². The zero-order valence-electron chi connectivity index (χ0n) is 83.1. The van der Waals surface area contributed by atoms with Gasteiger partial charge >= 0.3 is 12.2 Å². The molecule has 1 aromatic heterocycles. The molecule has 5 aliphatic heterocycles. The van der Waals surface area contributed by atoms with Crippen molar-refractivity contribution >= 4 is 47.4 Å². The molecule has 15 rings (SSSR count). The molecule has 10 aromatic rings. The number of fused-ring (bicyclic) bond motifs is 2. The largest absolute Gasteiger partial charge is 0.493 e. The van der Waals surface area contributed by atoms with Gasteiger partial charge in [-0.1, -0.05) is 264 Å². The van der Waals surface area contributed by atoms with Gasteiger partial charge in [0.25, 0.3) is 23.6 Å². The van der Waals surface area contributed by atoms with Crippen LogP contribution in [0.25, 0.3) is 11.1 Å². The Balaban J connectivity index is 0.000000176. The van der Waals surface area contributed by atoms with Crippen molar-refractivity contribution < 1.29 is 61.5 Å². The molecular formula is C116H148N12O11+2. The van der Waals surface area contributed by atoms with Gasteiger partial charge in [0.1, 0.15) is 24.2 Å². The van der Waals surface area contributed by atoms with Gasteiger partial charge in [-0.05, 0) is 198 Å². The monoisotopic (exact) mass is 1890 g/mol. The van der Waals surface area contributed by atoms with Gasteiger partial charge in [0.2, 0.25) is 5.91 Å². The van der Waals surface area contributed by atoms with Crippen LogP contribution < -0.4 is 25.8 Å². The van der Waals surface area contributed by atoms with Gasteiger partial charge in [-0.15, -0.1) is 0 Å². The number of piperidine rings is 2. The van der Waals surface area contributed by atoms with E-state index in [2.05, 4.69) is 102 Å². The number of nitrogens with one attached hydrogen (secondary N) is 2. The SMILES string of the molecule is COc1ccc(CCN(C)CCCCCCCCCN2CCC(OC(=O)Nc3ccccc3-c3ccccc3)CC2)cc1OC.C[N+](C)(CCCCCCCCCN1CCC(C(C(N)=O)(c2ccccc2)c2ccccc2)C1)CCCN1C(=O)c2ccccc2C1=O.C[N+](C)(CCN1C(=O)c2ccccc2C1=O)Cc1cccc(CN2CCC(OC(=O)NC(c3ccccc3)c3ccccc3)CC2)n1. The first kappa shape index (κ1) is 104. The Kier molecular flexibility index (Phi) is 39.5. The van der Waals surface area contributed by atoms with Crippen molar-refractivity contribution in [1.82, 2.24) is 39.7 Å². The number of aromatic nitrogens is 1. The maximum Gasteiger partial charge on any atom is 0.411 e. The third-order valence-corrected chi connectivity index (χ3v) is 28.3. The van der Waals surface area contributed by atoms with Crippen LogP contribution in [0, 0.1) is 5.92 Å². The Morgan fingerprint density at radius 1 is 0.432 bits per heavy atom. The molecule has 23 heteroatoms. The lowest BCUT2D eigenvalue weighted by molar-refractivity contribution is -0.903. The number of unbranched alkanes of at least 4 members (excludes halogenated alkanes) is 12. The van der Waals surface area contributed by atoms with Gasteiger partial charge in [0.05, 0.1) is 114 Å². The first-order chi connectivity index (χ1) is 67.5.